The summed E-state index contributed by atoms with van der Waals surface area (Å²) in [6, 6.07) is 6.11. The molecule has 2 saturated heterocycles. The Morgan fingerprint density at radius 1 is 1.15 bits per heavy atom. The molecule has 0 amide bonds. The first-order valence-electron chi connectivity index (χ1n) is 7.54. The minimum atomic E-state index is 0.467. The van der Waals surface area contributed by atoms with Gasteiger partial charge in [-0.2, -0.15) is 0 Å². The number of nitrogens with zero attached hydrogens (tertiary/aromatic N) is 2. The van der Waals surface area contributed by atoms with Gasteiger partial charge in [-0.25, -0.2) is 0 Å². The van der Waals surface area contributed by atoms with Crippen molar-refractivity contribution in [2.24, 2.45) is 0 Å². The predicted octanol–water partition coefficient (Wildman–Crippen LogP) is 2.34. The Hall–Kier alpha value is -1.42. The van der Waals surface area contributed by atoms with Crippen LogP contribution in [0.3, 0.4) is 0 Å². The molecule has 4 heteroatoms. The average Bonchev–Trinajstić information content (AvgIpc) is 2.82. The Bertz CT molecular complexity index is 481. The number of nitrogen functional groups attached to an aromatic ring is 1. The second-order valence-corrected chi connectivity index (χ2v) is 6.16. The highest BCUT2D eigenvalue weighted by atomic mass is 16.5. The van der Waals surface area contributed by atoms with E-state index in [2.05, 4.69) is 29.0 Å². The average molecular weight is 275 g/mol. The van der Waals surface area contributed by atoms with Gasteiger partial charge in [-0.3, -0.25) is 0 Å². The normalized spacial score (nSPS) is 22.4. The highest BCUT2D eigenvalue weighted by Crippen LogP contribution is 2.39. The Balaban J connectivity index is 1.72. The van der Waals surface area contributed by atoms with Crippen LogP contribution < -0.4 is 15.4 Å². The lowest BCUT2D eigenvalue weighted by molar-refractivity contribution is 0.137. The van der Waals surface area contributed by atoms with Gasteiger partial charge in [-0.1, -0.05) is 0 Å². The molecule has 0 unspecified atom stereocenters. The Labute approximate surface area is 121 Å². The number of anilines is 2. The van der Waals surface area contributed by atoms with Crippen molar-refractivity contribution in [2.75, 3.05) is 44.4 Å². The van der Waals surface area contributed by atoms with Crippen molar-refractivity contribution in [1.82, 2.24) is 4.90 Å². The van der Waals surface area contributed by atoms with Crippen LogP contribution in [0.1, 0.15) is 25.7 Å². The number of nitrogens with two attached hydrogens (primary N) is 1. The quantitative estimate of drug-likeness (QED) is 0.841. The third-order valence-corrected chi connectivity index (χ3v) is 5.22. The van der Waals surface area contributed by atoms with Gasteiger partial charge in [0.25, 0.3) is 0 Å². The van der Waals surface area contributed by atoms with E-state index in [0.717, 1.165) is 18.8 Å². The summed E-state index contributed by atoms with van der Waals surface area (Å²) >= 11 is 0. The Kier molecular flexibility index (Phi) is 3.50. The van der Waals surface area contributed by atoms with Crippen molar-refractivity contribution in [3.05, 3.63) is 18.2 Å². The summed E-state index contributed by atoms with van der Waals surface area (Å²) in [5, 5.41) is 0. The van der Waals surface area contributed by atoms with Gasteiger partial charge < -0.3 is 20.3 Å². The molecule has 2 heterocycles. The second kappa shape index (κ2) is 5.17. The Morgan fingerprint density at radius 3 is 2.50 bits per heavy atom. The molecule has 0 radical (unpaired) electrons. The number of benzene rings is 1. The van der Waals surface area contributed by atoms with E-state index in [4.69, 9.17) is 10.5 Å². The molecule has 110 valence electrons. The zero-order chi connectivity index (χ0) is 14.2. The summed E-state index contributed by atoms with van der Waals surface area (Å²) in [6.07, 6.45) is 5.24. The molecule has 1 aromatic rings. The maximum absolute atomic E-state index is 5.89. The SMILES string of the molecule is COc1cc(N2CCC3(CCCN3C)CC2)ccc1N. The molecule has 2 N–H and O–H groups in total. The van der Waals surface area contributed by atoms with Gasteiger partial charge in [0, 0.05) is 30.4 Å². The zero-order valence-electron chi connectivity index (χ0n) is 12.6. The van der Waals surface area contributed by atoms with Gasteiger partial charge in [0.1, 0.15) is 5.75 Å². The fourth-order valence-electron chi connectivity index (χ4n) is 3.78. The third kappa shape index (κ3) is 2.22. The maximum Gasteiger partial charge on any atom is 0.143 e. The number of ether oxygens (including phenoxy) is 1. The van der Waals surface area contributed by atoms with Crippen LogP contribution in [-0.2, 0) is 0 Å². The molecule has 2 aliphatic heterocycles. The first-order chi connectivity index (χ1) is 9.64. The minimum Gasteiger partial charge on any atom is -0.495 e. The number of methoxy groups -OCH3 is 1. The van der Waals surface area contributed by atoms with Crippen LogP contribution in [0.2, 0.25) is 0 Å². The zero-order valence-corrected chi connectivity index (χ0v) is 12.6. The van der Waals surface area contributed by atoms with E-state index in [0.29, 0.717) is 11.2 Å². The van der Waals surface area contributed by atoms with Crippen LogP contribution in [0.4, 0.5) is 11.4 Å². The molecule has 0 saturated carbocycles. The molecule has 0 bridgehead atoms. The van der Waals surface area contributed by atoms with Gasteiger partial charge in [0.15, 0.2) is 0 Å². The third-order valence-electron chi connectivity index (χ3n) is 5.22. The van der Waals surface area contributed by atoms with Gasteiger partial charge in [-0.05, 0) is 51.4 Å². The van der Waals surface area contributed by atoms with E-state index < -0.39 is 0 Å². The lowest BCUT2D eigenvalue weighted by Crippen LogP contribution is -2.50. The molecule has 0 aromatic heterocycles. The number of rotatable bonds is 2. The molecule has 0 atom stereocenters. The van der Waals surface area contributed by atoms with E-state index in [1.54, 1.807) is 7.11 Å². The van der Waals surface area contributed by atoms with Crippen molar-refractivity contribution in [3.63, 3.8) is 0 Å². The fraction of sp³-hybridized carbons (Fsp3) is 0.625. The van der Waals surface area contributed by atoms with Gasteiger partial charge in [-0.15, -0.1) is 0 Å². The molecule has 20 heavy (non-hydrogen) atoms. The highest BCUT2D eigenvalue weighted by Gasteiger charge is 2.41. The molecule has 3 rings (SSSR count). The minimum absolute atomic E-state index is 0.467. The molecular weight excluding hydrogens is 250 g/mol. The van der Waals surface area contributed by atoms with Gasteiger partial charge in [0.2, 0.25) is 0 Å². The molecule has 0 aliphatic carbocycles. The van der Waals surface area contributed by atoms with E-state index in [1.807, 2.05) is 6.07 Å². The summed E-state index contributed by atoms with van der Waals surface area (Å²) in [7, 11) is 3.96. The van der Waals surface area contributed by atoms with Crippen molar-refractivity contribution >= 4 is 11.4 Å². The summed E-state index contributed by atoms with van der Waals surface area (Å²) in [6.45, 7) is 3.50. The number of hydrogen-bond acceptors (Lipinski definition) is 4. The largest absolute Gasteiger partial charge is 0.495 e. The van der Waals surface area contributed by atoms with Crippen LogP contribution >= 0.6 is 0 Å². The summed E-state index contributed by atoms with van der Waals surface area (Å²) < 4.78 is 5.33. The monoisotopic (exact) mass is 275 g/mol. The van der Waals surface area contributed by atoms with E-state index >= 15 is 0 Å². The van der Waals surface area contributed by atoms with Crippen LogP contribution in [0.15, 0.2) is 18.2 Å². The van der Waals surface area contributed by atoms with Crippen LogP contribution in [-0.4, -0.2) is 44.2 Å². The maximum atomic E-state index is 5.89. The topological polar surface area (TPSA) is 41.7 Å². The highest BCUT2D eigenvalue weighted by molar-refractivity contribution is 5.62. The molecule has 4 nitrogen and oxygen atoms in total. The number of piperidine rings is 1. The molecular formula is C16H25N3O. The standard InChI is InChI=1S/C16H25N3O/c1-18-9-3-6-16(18)7-10-19(11-8-16)13-4-5-14(17)15(12-13)20-2/h4-5,12H,3,6-11,17H2,1-2H3. The van der Waals surface area contributed by atoms with Crippen LogP contribution in [0, 0.1) is 0 Å². The van der Waals surface area contributed by atoms with E-state index in [-0.39, 0.29) is 0 Å². The first-order valence-corrected chi connectivity index (χ1v) is 7.54. The summed E-state index contributed by atoms with van der Waals surface area (Å²) in [5.74, 6) is 0.778. The Morgan fingerprint density at radius 2 is 1.90 bits per heavy atom. The molecule has 1 aromatic carbocycles. The van der Waals surface area contributed by atoms with E-state index in [1.165, 1.54) is 37.9 Å². The van der Waals surface area contributed by atoms with Crippen molar-refractivity contribution in [2.45, 2.75) is 31.2 Å². The van der Waals surface area contributed by atoms with Crippen LogP contribution in [0.5, 0.6) is 5.75 Å². The summed E-state index contributed by atoms with van der Waals surface area (Å²) in [4.78, 5) is 5.03. The number of likely N-dealkylation sites (tertiary alicyclic amines) is 1. The van der Waals surface area contributed by atoms with Crippen molar-refractivity contribution in [1.29, 1.82) is 0 Å². The lowest BCUT2D eigenvalue weighted by Gasteiger charge is -2.44. The fourth-order valence-corrected chi connectivity index (χ4v) is 3.78. The second-order valence-electron chi connectivity index (χ2n) is 6.16. The number of hydrogen-bond donors (Lipinski definition) is 1. The lowest BCUT2D eigenvalue weighted by atomic mass is 9.85. The smallest absolute Gasteiger partial charge is 0.143 e. The summed E-state index contributed by atoms with van der Waals surface area (Å²) in [5.41, 5.74) is 8.30. The van der Waals surface area contributed by atoms with Gasteiger partial charge >= 0.3 is 0 Å². The van der Waals surface area contributed by atoms with Crippen LogP contribution in [0.25, 0.3) is 0 Å². The predicted molar refractivity (Wildman–Crippen MR) is 83.4 cm³/mol. The van der Waals surface area contributed by atoms with Crippen molar-refractivity contribution < 1.29 is 4.74 Å². The molecule has 2 aliphatic rings. The first kappa shape index (κ1) is 13.6. The van der Waals surface area contributed by atoms with Crippen molar-refractivity contribution in [3.8, 4) is 5.75 Å². The molecule has 1 spiro atoms. The van der Waals surface area contributed by atoms with E-state index in [9.17, 15) is 0 Å². The molecule has 2 fully saturated rings. The van der Waals surface area contributed by atoms with Gasteiger partial charge in [0.05, 0.1) is 12.8 Å².